The van der Waals surface area contributed by atoms with Gasteiger partial charge < -0.3 is 4.42 Å². The second kappa shape index (κ2) is 8.95. The lowest BCUT2D eigenvalue weighted by Gasteiger charge is -2.13. The summed E-state index contributed by atoms with van der Waals surface area (Å²) >= 11 is 1.83. The van der Waals surface area contributed by atoms with E-state index in [9.17, 15) is 5.26 Å². The van der Waals surface area contributed by atoms with Crippen LogP contribution in [0.5, 0.6) is 0 Å². The Morgan fingerprint density at radius 2 is 1.20 bits per heavy atom. The molecule has 0 N–H and O–H groups in total. The fraction of sp³-hybridized carbons (Fsp3) is 0. The van der Waals surface area contributed by atoms with Gasteiger partial charge in [0, 0.05) is 30.9 Å². The van der Waals surface area contributed by atoms with E-state index in [0.29, 0.717) is 5.56 Å². The molecule has 8 rings (SSSR count). The number of thiophene rings is 1. The van der Waals surface area contributed by atoms with Gasteiger partial charge in [0.25, 0.3) is 0 Å². The highest BCUT2D eigenvalue weighted by Crippen LogP contribution is 2.42. The molecule has 186 valence electrons. The van der Waals surface area contributed by atoms with E-state index in [2.05, 4.69) is 97.1 Å². The number of benzene rings is 6. The minimum absolute atomic E-state index is 0.652. The van der Waals surface area contributed by atoms with E-state index in [1.54, 1.807) is 0 Å². The Kier molecular flexibility index (Phi) is 5.10. The van der Waals surface area contributed by atoms with E-state index in [-0.39, 0.29) is 0 Å². The van der Waals surface area contributed by atoms with Crippen LogP contribution in [0.2, 0.25) is 0 Å². The Morgan fingerprint density at radius 3 is 2.08 bits per heavy atom. The Hall–Kier alpha value is -5.17. The van der Waals surface area contributed by atoms with Crippen molar-refractivity contribution in [2.24, 2.45) is 0 Å². The fourth-order valence-electron chi connectivity index (χ4n) is 5.81. The predicted molar refractivity (Wildman–Crippen MR) is 168 cm³/mol. The zero-order valence-electron chi connectivity index (χ0n) is 21.4. The van der Waals surface area contributed by atoms with E-state index >= 15 is 0 Å². The van der Waals surface area contributed by atoms with E-state index in [1.807, 2.05) is 47.7 Å². The highest BCUT2D eigenvalue weighted by atomic mass is 32.1. The SMILES string of the molecule is N#Cc1cccc(-c2cc(-c3ccc4c(c3)oc3ccccc34)cc(-c3cccc4sc5ccccc5c34)c2)c1. The highest BCUT2D eigenvalue weighted by molar-refractivity contribution is 7.25. The Labute approximate surface area is 235 Å². The molecule has 0 aliphatic carbocycles. The standard InChI is InChI=1S/C37H21NOS/c38-22-23-7-5-8-24(17-23)26-18-27(25-15-16-31-30-9-1-3-12-33(30)39-34(31)21-25)20-28(19-26)29-11-6-14-36-37(29)32-10-2-4-13-35(32)40-36/h1-21H. The van der Waals surface area contributed by atoms with Gasteiger partial charge in [-0.1, -0.05) is 66.7 Å². The monoisotopic (exact) mass is 527 g/mol. The van der Waals surface area contributed by atoms with Gasteiger partial charge in [-0.3, -0.25) is 0 Å². The maximum atomic E-state index is 9.57. The van der Waals surface area contributed by atoms with Crippen LogP contribution in [0.1, 0.15) is 5.56 Å². The number of fused-ring (bicyclic) bond motifs is 6. The minimum Gasteiger partial charge on any atom is -0.456 e. The van der Waals surface area contributed by atoms with Crippen molar-refractivity contribution in [1.29, 1.82) is 5.26 Å². The number of furan rings is 1. The van der Waals surface area contributed by atoms with Crippen molar-refractivity contribution in [3.8, 4) is 39.4 Å². The third-order valence-corrected chi connectivity index (χ3v) is 8.82. The van der Waals surface area contributed by atoms with Gasteiger partial charge in [0.15, 0.2) is 0 Å². The lowest BCUT2D eigenvalue weighted by Crippen LogP contribution is -1.87. The molecule has 0 saturated heterocycles. The van der Waals surface area contributed by atoms with Gasteiger partial charge >= 0.3 is 0 Å². The predicted octanol–water partition coefficient (Wildman–Crippen LogP) is 10.8. The van der Waals surface area contributed by atoms with Crippen LogP contribution >= 0.6 is 11.3 Å². The summed E-state index contributed by atoms with van der Waals surface area (Å²) in [5, 5.41) is 14.4. The smallest absolute Gasteiger partial charge is 0.136 e. The first kappa shape index (κ1) is 22.8. The number of hydrogen-bond acceptors (Lipinski definition) is 3. The molecule has 0 atom stereocenters. The Balaban J connectivity index is 1.39. The molecular weight excluding hydrogens is 506 g/mol. The summed E-state index contributed by atoms with van der Waals surface area (Å²) < 4.78 is 8.80. The van der Waals surface area contributed by atoms with Gasteiger partial charge in [-0.15, -0.1) is 11.3 Å². The molecule has 3 heteroatoms. The topological polar surface area (TPSA) is 36.9 Å². The zero-order valence-corrected chi connectivity index (χ0v) is 22.2. The van der Waals surface area contributed by atoms with Crippen molar-refractivity contribution in [1.82, 2.24) is 0 Å². The van der Waals surface area contributed by atoms with E-state index in [0.717, 1.165) is 49.8 Å². The van der Waals surface area contributed by atoms with Crippen molar-refractivity contribution in [2.45, 2.75) is 0 Å². The van der Waals surface area contributed by atoms with Crippen molar-refractivity contribution < 1.29 is 4.42 Å². The number of para-hydroxylation sites is 1. The molecule has 0 saturated carbocycles. The molecule has 40 heavy (non-hydrogen) atoms. The quantitative estimate of drug-likeness (QED) is 0.229. The Bertz CT molecular complexity index is 2300. The summed E-state index contributed by atoms with van der Waals surface area (Å²) in [6.45, 7) is 0. The largest absolute Gasteiger partial charge is 0.456 e. The lowest BCUT2D eigenvalue weighted by molar-refractivity contribution is 0.669. The van der Waals surface area contributed by atoms with Crippen LogP contribution in [0.15, 0.2) is 132 Å². The van der Waals surface area contributed by atoms with Crippen molar-refractivity contribution in [2.75, 3.05) is 0 Å². The van der Waals surface area contributed by atoms with Gasteiger partial charge in [0.1, 0.15) is 11.2 Å². The first-order chi connectivity index (χ1) is 19.7. The normalized spacial score (nSPS) is 11.5. The molecular formula is C37H21NOS. The third kappa shape index (κ3) is 3.62. The third-order valence-electron chi connectivity index (χ3n) is 7.68. The van der Waals surface area contributed by atoms with Gasteiger partial charge in [-0.2, -0.15) is 5.26 Å². The van der Waals surface area contributed by atoms with Crippen molar-refractivity contribution in [3.05, 3.63) is 133 Å². The molecule has 8 aromatic rings. The summed E-state index contributed by atoms with van der Waals surface area (Å²) in [6, 6.07) is 46.7. The molecule has 0 spiro atoms. The molecule has 0 unspecified atom stereocenters. The molecule has 0 aliphatic heterocycles. The van der Waals surface area contributed by atoms with Gasteiger partial charge in [-0.05, 0) is 94.0 Å². The van der Waals surface area contributed by atoms with Crippen LogP contribution in [-0.4, -0.2) is 0 Å². The van der Waals surface area contributed by atoms with Gasteiger partial charge in [0.2, 0.25) is 0 Å². The second-order valence-corrected chi connectivity index (χ2v) is 11.2. The van der Waals surface area contributed by atoms with E-state index in [4.69, 9.17) is 4.42 Å². The first-order valence-electron chi connectivity index (χ1n) is 13.2. The van der Waals surface area contributed by atoms with Crippen LogP contribution in [0, 0.1) is 11.3 Å². The number of nitrogens with zero attached hydrogens (tertiary/aromatic N) is 1. The molecule has 0 radical (unpaired) electrons. The summed E-state index contributed by atoms with van der Waals surface area (Å²) in [4.78, 5) is 0. The van der Waals surface area contributed by atoms with Crippen molar-refractivity contribution in [3.63, 3.8) is 0 Å². The lowest BCUT2D eigenvalue weighted by atomic mass is 9.91. The van der Waals surface area contributed by atoms with Gasteiger partial charge in [0.05, 0.1) is 11.6 Å². The average Bonchev–Trinajstić information content (AvgIpc) is 3.59. The molecule has 2 aromatic heterocycles. The summed E-state index contributed by atoms with van der Waals surface area (Å²) in [5.41, 5.74) is 9.07. The Morgan fingerprint density at radius 1 is 0.500 bits per heavy atom. The molecule has 0 fully saturated rings. The first-order valence-corrected chi connectivity index (χ1v) is 14.0. The number of hydrogen-bond donors (Lipinski definition) is 0. The van der Waals surface area contributed by atoms with Crippen LogP contribution in [0.3, 0.4) is 0 Å². The summed E-state index contributed by atoms with van der Waals surface area (Å²) in [6.07, 6.45) is 0. The van der Waals surface area contributed by atoms with Crippen LogP contribution in [0.4, 0.5) is 0 Å². The maximum Gasteiger partial charge on any atom is 0.136 e. The molecule has 0 amide bonds. The zero-order chi connectivity index (χ0) is 26.6. The van der Waals surface area contributed by atoms with E-state index < -0.39 is 0 Å². The average molecular weight is 528 g/mol. The molecule has 0 aliphatic rings. The highest BCUT2D eigenvalue weighted by Gasteiger charge is 2.15. The van der Waals surface area contributed by atoms with Crippen LogP contribution in [-0.2, 0) is 0 Å². The summed E-state index contributed by atoms with van der Waals surface area (Å²) in [7, 11) is 0. The van der Waals surface area contributed by atoms with Crippen molar-refractivity contribution >= 4 is 53.4 Å². The summed E-state index contributed by atoms with van der Waals surface area (Å²) in [5.74, 6) is 0. The number of nitriles is 1. The maximum absolute atomic E-state index is 9.57. The van der Waals surface area contributed by atoms with Gasteiger partial charge in [-0.25, -0.2) is 0 Å². The molecule has 2 nitrogen and oxygen atoms in total. The van der Waals surface area contributed by atoms with Crippen LogP contribution in [0.25, 0.3) is 75.5 Å². The minimum atomic E-state index is 0.652. The second-order valence-electron chi connectivity index (χ2n) is 10.1. The molecule has 2 heterocycles. The van der Waals surface area contributed by atoms with E-state index in [1.165, 1.54) is 25.7 Å². The molecule has 0 bridgehead atoms. The fourth-order valence-corrected chi connectivity index (χ4v) is 6.94. The molecule has 6 aromatic carbocycles. The number of rotatable bonds is 3. The van der Waals surface area contributed by atoms with Crippen LogP contribution < -0.4 is 0 Å².